The van der Waals surface area contributed by atoms with E-state index >= 15 is 0 Å². The zero-order chi connectivity index (χ0) is 64.4. The number of ether oxygens (including phenoxy) is 4. The fraction of sp³-hybridized carbons (Fsp3) is 0.391. The molecular weight excluding hydrogens is 1090 g/mol. The van der Waals surface area contributed by atoms with Gasteiger partial charge in [-0.2, -0.15) is 0 Å². The lowest BCUT2D eigenvalue weighted by Gasteiger charge is -2.24. The number of carbonyl (C=O) groups is 8. The highest BCUT2D eigenvalue weighted by Crippen LogP contribution is 2.19. The summed E-state index contributed by atoms with van der Waals surface area (Å²) < 4.78 is 19.6. The molecule has 0 bridgehead atoms. The van der Waals surface area contributed by atoms with E-state index in [1.54, 1.807) is 68.6 Å². The van der Waals surface area contributed by atoms with E-state index in [0.29, 0.717) is 37.5 Å². The number of allylic oxidation sites excluding steroid dienone is 4. The van der Waals surface area contributed by atoms with E-state index in [2.05, 4.69) is 92.3 Å². The Bertz CT molecular complexity index is 2610. The lowest BCUT2D eigenvalue weighted by molar-refractivity contribution is -0.132. The average molecular weight is 1180 g/mol. The van der Waals surface area contributed by atoms with Gasteiger partial charge in [-0.25, -0.2) is 14.4 Å². The SMILES string of the molecule is C=C(C)COC(=O)NC(=NC)NCCC.C=C/C=C(\C)COC=O.C=C/C=C(\C=C)COC(=O)NCCCCC(NC(=O)C(Cc1c(C)cc(C)cc1C)NC(=O)CNC(=O)OCc1ccccc1)C(=O)NCC(N)=O.CC.Cc1ccccc1. The summed E-state index contributed by atoms with van der Waals surface area (Å²) in [6.07, 6.45) is 8.23. The van der Waals surface area contributed by atoms with Gasteiger partial charge in [0, 0.05) is 26.6 Å². The molecule has 85 heavy (non-hydrogen) atoms. The molecule has 0 radical (unpaired) electrons. The van der Waals surface area contributed by atoms with Crippen LogP contribution in [0.1, 0.15) is 93.7 Å². The lowest BCUT2D eigenvalue weighted by atomic mass is 9.94. The number of nitrogens with zero attached hydrogens (tertiary/aromatic N) is 1. The molecule has 21 heteroatoms. The minimum atomic E-state index is -1.15. The summed E-state index contributed by atoms with van der Waals surface area (Å²) in [5.74, 6) is -2.32. The summed E-state index contributed by atoms with van der Waals surface area (Å²) in [7, 11) is 1.59. The molecule has 0 aromatic heterocycles. The second-order valence-electron chi connectivity index (χ2n) is 18.5. The highest BCUT2D eigenvalue weighted by molar-refractivity contribution is 5.94. The molecule has 0 spiro atoms. The van der Waals surface area contributed by atoms with Crippen LogP contribution in [-0.4, -0.2) is 119 Å². The highest BCUT2D eigenvalue weighted by atomic mass is 16.6. The number of alkyl carbamates (subject to hydrolysis) is 3. The van der Waals surface area contributed by atoms with Gasteiger partial charge in [-0.1, -0.05) is 161 Å². The van der Waals surface area contributed by atoms with Gasteiger partial charge in [0.25, 0.3) is 6.47 Å². The topological polar surface area (TPSA) is 296 Å². The van der Waals surface area contributed by atoms with Gasteiger partial charge in [0.1, 0.15) is 45.1 Å². The molecule has 466 valence electrons. The fourth-order valence-electron chi connectivity index (χ4n) is 6.84. The maximum absolute atomic E-state index is 13.8. The number of nitrogens with two attached hydrogens (primary N) is 1. The molecule has 2 atom stereocenters. The van der Waals surface area contributed by atoms with E-state index in [4.69, 9.17) is 19.9 Å². The number of nitrogens with one attached hydrogen (secondary N) is 7. The van der Waals surface area contributed by atoms with Crippen molar-refractivity contribution >= 4 is 54.3 Å². The molecule has 3 aromatic rings. The van der Waals surface area contributed by atoms with Crippen molar-refractivity contribution < 1.29 is 57.3 Å². The number of aryl methyl sites for hydroxylation is 4. The molecule has 0 fully saturated rings. The predicted octanol–water partition coefficient (Wildman–Crippen LogP) is 8.43. The first-order chi connectivity index (χ1) is 40.6. The standard InChI is InChI=1S/C38H50N6O8.C10H19N3O2.C7H10O2.C7H8.C2H6/c1-6-13-28(7-2)23-51-37(49)40-17-12-11-16-31(35(47)41-21-33(39)45)44-36(48)32(20-30-26(4)18-25(3)19-27(30)5)43-34(46)22-42-38(50)52-24-29-14-9-8-10-15-29;1-5-6-12-9(11-4)13-10(14)15-7-8(2)3;1-3-4-7(2)5-9-6-8;1-7-5-3-2-4-6-7;1-2/h6-10,13-15,18-19,31-32H,1-2,11-12,16-17,20-24H2,3-5H3,(H2,39,45)(H,40,49)(H,41,47)(H,42,50)(H,43,46)(H,44,48);2,5-7H2,1,3-4H3,(H2,11,12,13,14);3-4,6H,1,5H2,2H3;2-6H,1H3;1-2H3/b28-13+;;7-4+;;. The smallest absolute Gasteiger partial charge is 0.414 e. The van der Waals surface area contributed by atoms with Crippen LogP contribution in [0.4, 0.5) is 14.4 Å². The molecule has 3 aromatic carbocycles. The molecule has 0 heterocycles. The minimum Gasteiger partial charge on any atom is -0.463 e. The molecule has 2 unspecified atom stereocenters. The quantitative estimate of drug-likeness (QED) is 0.00616. The third kappa shape index (κ3) is 41.4. The molecule has 3 rings (SSSR count). The Balaban J connectivity index is 0. The number of benzene rings is 3. The minimum absolute atomic E-state index is 0.00885. The van der Waals surface area contributed by atoms with Crippen LogP contribution in [0.15, 0.2) is 151 Å². The molecule has 7 amide bonds. The van der Waals surface area contributed by atoms with Gasteiger partial charge < -0.3 is 56.6 Å². The molecule has 0 saturated carbocycles. The Kier molecular flexibility index (Phi) is 45.2. The number of aliphatic imine (C=N–C) groups is 1. The van der Waals surface area contributed by atoms with E-state index in [1.165, 1.54) is 5.56 Å². The maximum Gasteiger partial charge on any atom is 0.414 e. The van der Waals surface area contributed by atoms with Crippen molar-refractivity contribution in [1.82, 2.24) is 37.2 Å². The molecule has 0 aliphatic heterocycles. The van der Waals surface area contributed by atoms with Crippen molar-refractivity contribution in [2.75, 3.05) is 53.0 Å². The van der Waals surface area contributed by atoms with Crippen LogP contribution < -0.4 is 43.0 Å². The second kappa shape index (κ2) is 49.3. The van der Waals surface area contributed by atoms with Gasteiger partial charge in [0.15, 0.2) is 0 Å². The number of primary amides is 1. The maximum atomic E-state index is 13.8. The van der Waals surface area contributed by atoms with Crippen LogP contribution >= 0.6 is 0 Å². The molecule has 9 N–H and O–H groups in total. The Labute approximate surface area is 503 Å². The number of carbonyl (C=O) groups excluding carboxylic acids is 8. The number of amides is 7. The zero-order valence-corrected chi connectivity index (χ0v) is 51.5. The molecule has 0 aliphatic rings. The van der Waals surface area contributed by atoms with Crippen molar-refractivity contribution in [3.63, 3.8) is 0 Å². The first-order valence-electron chi connectivity index (χ1n) is 27.8. The summed E-state index contributed by atoms with van der Waals surface area (Å²) in [5.41, 5.74) is 13.4. The van der Waals surface area contributed by atoms with Crippen molar-refractivity contribution in [2.24, 2.45) is 10.7 Å². The van der Waals surface area contributed by atoms with Crippen LogP contribution in [0.5, 0.6) is 0 Å². The van der Waals surface area contributed by atoms with Crippen LogP contribution in [0.25, 0.3) is 0 Å². The summed E-state index contributed by atoms with van der Waals surface area (Å²) in [6, 6.07) is 21.0. The molecule has 21 nitrogen and oxygen atoms in total. The van der Waals surface area contributed by atoms with Crippen molar-refractivity contribution in [2.45, 2.75) is 113 Å². The highest BCUT2D eigenvalue weighted by Gasteiger charge is 2.28. The lowest BCUT2D eigenvalue weighted by Crippen LogP contribution is -2.56. The number of rotatable bonds is 29. The first kappa shape index (κ1) is 77.8. The predicted molar refractivity (Wildman–Crippen MR) is 336 cm³/mol. The van der Waals surface area contributed by atoms with E-state index in [0.717, 1.165) is 51.9 Å². The Morgan fingerprint density at radius 2 is 1.27 bits per heavy atom. The van der Waals surface area contributed by atoms with Gasteiger partial charge >= 0.3 is 18.3 Å². The van der Waals surface area contributed by atoms with Crippen LogP contribution in [-0.2, 0) is 55.9 Å². The average Bonchev–Trinajstić information content (AvgIpc) is 3.58. The number of guanidine groups is 1. The van der Waals surface area contributed by atoms with E-state index in [9.17, 15) is 38.4 Å². The van der Waals surface area contributed by atoms with Crippen LogP contribution in [0, 0.1) is 27.7 Å². The summed E-state index contributed by atoms with van der Waals surface area (Å²) in [4.78, 5) is 100. The Morgan fingerprint density at radius 3 is 1.80 bits per heavy atom. The normalized spacial score (nSPS) is 11.1. The third-order valence-corrected chi connectivity index (χ3v) is 10.9. The van der Waals surface area contributed by atoms with Crippen molar-refractivity contribution in [1.29, 1.82) is 0 Å². The monoisotopic (exact) mass is 1180 g/mol. The molecule has 0 saturated heterocycles. The summed E-state index contributed by atoms with van der Waals surface area (Å²) in [5, 5.41) is 18.2. The van der Waals surface area contributed by atoms with Gasteiger partial charge in [-0.05, 0) is 106 Å². The number of unbranched alkanes of at least 4 members (excludes halogenated alkanes) is 1. The fourth-order valence-corrected chi connectivity index (χ4v) is 6.84. The van der Waals surface area contributed by atoms with E-state index < -0.39 is 67.1 Å². The van der Waals surface area contributed by atoms with Gasteiger partial charge in [-0.15, -0.1) is 0 Å². The summed E-state index contributed by atoms with van der Waals surface area (Å²) in [6.45, 7) is 33.0. The number of hydrogen-bond acceptors (Lipinski definition) is 13. The Morgan fingerprint density at radius 1 is 0.671 bits per heavy atom. The van der Waals surface area contributed by atoms with Gasteiger partial charge in [0.2, 0.25) is 29.6 Å². The van der Waals surface area contributed by atoms with E-state index in [1.807, 2.05) is 84.9 Å². The summed E-state index contributed by atoms with van der Waals surface area (Å²) >= 11 is 0. The van der Waals surface area contributed by atoms with Crippen LogP contribution in [0.2, 0.25) is 0 Å². The molecular formula is C64H93N9O12. The second-order valence-corrected chi connectivity index (χ2v) is 18.5. The molecule has 0 aliphatic carbocycles. The zero-order valence-electron chi connectivity index (χ0n) is 51.5. The van der Waals surface area contributed by atoms with Gasteiger partial charge in [0.05, 0.1) is 6.54 Å². The van der Waals surface area contributed by atoms with Gasteiger partial charge in [-0.3, -0.25) is 34.3 Å². The largest absolute Gasteiger partial charge is 0.463 e. The third-order valence-electron chi connectivity index (χ3n) is 10.9. The van der Waals surface area contributed by atoms with Crippen molar-refractivity contribution in [3.05, 3.63) is 180 Å². The van der Waals surface area contributed by atoms with Crippen molar-refractivity contribution in [3.8, 4) is 0 Å². The van der Waals surface area contributed by atoms with Crippen LogP contribution in [0.3, 0.4) is 0 Å². The Hall–Kier alpha value is -9.27. The van der Waals surface area contributed by atoms with E-state index in [-0.39, 0.29) is 39.2 Å². The number of hydrogen-bond donors (Lipinski definition) is 8. The first-order valence-corrected chi connectivity index (χ1v) is 27.8.